The third-order valence-corrected chi connectivity index (χ3v) is 4.47. The second-order valence-electron chi connectivity index (χ2n) is 6.09. The van der Waals surface area contributed by atoms with E-state index in [0.717, 1.165) is 22.6 Å². The minimum Gasteiger partial charge on any atom is -0.203 e. The topological polar surface area (TPSA) is 0 Å². The number of alkyl halides is 21. The van der Waals surface area contributed by atoms with Crippen LogP contribution in [0.25, 0.3) is 0 Å². The van der Waals surface area contributed by atoms with Gasteiger partial charge in [-0.1, -0.05) is 22.6 Å². The smallest absolute Gasteiger partial charge is 0.203 e. The maximum Gasteiger partial charge on any atom is 0.385 e. The van der Waals surface area contributed by atoms with Crippen LogP contribution in [0.2, 0.25) is 0 Å². The van der Waals surface area contributed by atoms with Gasteiger partial charge < -0.3 is 0 Å². The predicted octanol–water partition coefficient (Wildman–Crippen LogP) is 7.79. The molecule has 33 heavy (non-hydrogen) atoms. The first-order valence-corrected chi connectivity index (χ1v) is 8.77. The van der Waals surface area contributed by atoms with Crippen LogP contribution in [0.15, 0.2) is 0 Å². The SMILES string of the molecule is FC(F)C(F)(F)C(F)(F)C(F)(F)C(F)(F)C(F)(F)C(F)(F)C(F)(F)C(F)(F)C(F)(F)CCI. The van der Waals surface area contributed by atoms with Crippen molar-refractivity contribution in [3.63, 3.8) is 0 Å². The normalized spacial score (nSPS) is 16.5. The van der Waals surface area contributed by atoms with E-state index in [9.17, 15) is 87.8 Å². The van der Waals surface area contributed by atoms with E-state index in [4.69, 9.17) is 0 Å². The molecule has 0 heterocycles. The Morgan fingerprint density at radius 2 is 0.667 bits per heavy atom. The maximum absolute atomic E-state index is 13.4. The Morgan fingerprint density at radius 3 is 0.909 bits per heavy atom. The van der Waals surface area contributed by atoms with E-state index in [-0.39, 0.29) is 0 Å². The Morgan fingerprint density at radius 1 is 0.424 bits per heavy atom. The summed E-state index contributed by atoms with van der Waals surface area (Å²) in [6.07, 6.45) is -8.59. The van der Waals surface area contributed by atoms with Crippen LogP contribution in [-0.2, 0) is 0 Å². The summed E-state index contributed by atoms with van der Waals surface area (Å²) in [6, 6.07) is 0. The Kier molecular flexibility index (Phi) is 8.30. The van der Waals surface area contributed by atoms with Gasteiger partial charge in [-0.05, 0) is 0 Å². The minimum atomic E-state index is -8.95. The van der Waals surface area contributed by atoms with Crippen molar-refractivity contribution >= 4 is 22.6 Å². The van der Waals surface area contributed by atoms with E-state index in [0.29, 0.717) is 0 Å². The Hall–Kier alpha value is -0.670. The van der Waals surface area contributed by atoms with Gasteiger partial charge in [0.1, 0.15) is 0 Å². The molecule has 0 aromatic carbocycles. The quantitative estimate of drug-likeness (QED) is 0.121. The first kappa shape index (κ1) is 32.3. The van der Waals surface area contributed by atoms with Gasteiger partial charge in [-0.25, -0.2) is 8.78 Å². The molecule has 0 aliphatic heterocycles. The summed E-state index contributed by atoms with van der Waals surface area (Å²) >= 11 is 0.734. The van der Waals surface area contributed by atoms with Gasteiger partial charge in [0.25, 0.3) is 0 Å². The van der Waals surface area contributed by atoms with Gasteiger partial charge in [-0.2, -0.15) is 79.0 Å². The zero-order chi connectivity index (χ0) is 27.5. The molecule has 0 aliphatic carbocycles. The molecule has 0 amide bonds. The number of rotatable bonds is 11. The van der Waals surface area contributed by atoms with Gasteiger partial charge in [-0.3, -0.25) is 0 Å². The molecule has 0 radical (unpaired) electrons. The third-order valence-electron chi connectivity index (χ3n) is 3.93. The standard InChI is InChI=1S/C12H5F20I/c13-3(14)5(17,18)7(21,22)9(25,26)11(29,30)12(31,32)10(27,28)8(23,24)6(19,20)4(15,16)1-2-33/h3H,1-2H2. The first-order chi connectivity index (χ1) is 14.0. The van der Waals surface area contributed by atoms with Crippen LogP contribution in [0.5, 0.6) is 0 Å². The number of halogens is 21. The predicted molar refractivity (Wildman–Crippen MR) is 74.0 cm³/mol. The van der Waals surface area contributed by atoms with E-state index in [1.165, 1.54) is 0 Å². The molecular formula is C12H5F20I. The fourth-order valence-electron chi connectivity index (χ4n) is 1.84. The van der Waals surface area contributed by atoms with Crippen molar-refractivity contribution in [1.82, 2.24) is 0 Å². The second-order valence-corrected chi connectivity index (χ2v) is 7.17. The number of hydrogen-bond donors (Lipinski definition) is 0. The Balaban J connectivity index is 6.93. The van der Waals surface area contributed by atoms with E-state index < -0.39 is 70.6 Å². The van der Waals surface area contributed by atoms with Crippen molar-refractivity contribution in [2.75, 3.05) is 4.43 Å². The largest absolute Gasteiger partial charge is 0.385 e. The van der Waals surface area contributed by atoms with Crippen LogP contribution in [0.3, 0.4) is 0 Å². The fourth-order valence-corrected chi connectivity index (χ4v) is 2.51. The van der Waals surface area contributed by atoms with Gasteiger partial charge in [-0.15, -0.1) is 0 Å². The molecule has 200 valence electrons. The van der Waals surface area contributed by atoms with Crippen LogP contribution >= 0.6 is 22.6 Å². The van der Waals surface area contributed by atoms with Crippen LogP contribution in [0, 0.1) is 0 Å². The summed E-state index contributed by atoms with van der Waals surface area (Å²) in [5.74, 6) is -74.2. The van der Waals surface area contributed by atoms with Crippen molar-refractivity contribution < 1.29 is 87.8 Å². The zero-order valence-corrected chi connectivity index (χ0v) is 16.6. The molecule has 0 saturated carbocycles. The third kappa shape index (κ3) is 4.07. The van der Waals surface area contributed by atoms with Gasteiger partial charge in [0.15, 0.2) is 0 Å². The molecule has 0 aromatic rings. The highest BCUT2D eigenvalue weighted by atomic mass is 127. The van der Waals surface area contributed by atoms with Crippen molar-refractivity contribution in [2.45, 2.75) is 66.1 Å². The van der Waals surface area contributed by atoms with Gasteiger partial charge in [0.05, 0.1) is 0 Å². The monoisotopic (exact) mass is 656 g/mol. The molecular weight excluding hydrogens is 651 g/mol. The highest BCUT2D eigenvalue weighted by Gasteiger charge is 2.96. The maximum atomic E-state index is 13.4. The Bertz CT molecular complexity index is 693. The molecule has 0 rings (SSSR count). The van der Waals surface area contributed by atoms with Crippen molar-refractivity contribution in [3.05, 3.63) is 0 Å². The minimum absolute atomic E-state index is 0.734. The average molecular weight is 656 g/mol. The summed E-state index contributed by atoms with van der Waals surface area (Å²) in [4.78, 5) is 0. The van der Waals surface area contributed by atoms with E-state index >= 15 is 0 Å². The lowest BCUT2D eigenvalue weighted by Crippen LogP contribution is -2.76. The molecule has 0 N–H and O–H groups in total. The average Bonchev–Trinajstić information content (AvgIpc) is 2.59. The van der Waals surface area contributed by atoms with E-state index in [1.54, 1.807) is 0 Å². The number of hydrogen-bond acceptors (Lipinski definition) is 0. The van der Waals surface area contributed by atoms with Crippen LogP contribution in [-0.4, -0.2) is 64.2 Å². The Labute approximate surface area is 181 Å². The van der Waals surface area contributed by atoms with Gasteiger partial charge in [0, 0.05) is 10.8 Å². The molecule has 0 unspecified atom stereocenters. The highest BCUT2D eigenvalue weighted by molar-refractivity contribution is 14.1. The van der Waals surface area contributed by atoms with Crippen molar-refractivity contribution in [3.8, 4) is 0 Å². The summed E-state index contributed by atoms with van der Waals surface area (Å²) in [5, 5.41) is 0. The molecule has 0 fully saturated rings. The molecule has 21 heteroatoms. The molecule has 0 saturated heterocycles. The molecule has 0 atom stereocenters. The van der Waals surface area contributed by atoms with Crippen LogP contribution in [0.4, 0.5) is 87.8 Å². The summed E-state index contributed by atoms with van der Waals surface area (Å²) in [5.41, 5.74) is 0. The van der Waals surface area contributed by atoms with E-state index in [1.807, 2.05) is 0 Å². The molecule has 0 bridgehead atoms. The first-order valence-electron chi connectivity index (χ1n) is 7.25. The lowest BCUT2D eigenvalue weighted by atomic mass is 9.86. The fraction of sp³-hybridized carbons (Fsp3) is 1.00. The van der Waals surface area contributed by atoms with Crippen molar-refractivity contribution in [2.24, 2.45) is 0 Å². The van der Waals surface area contributed by atoms with Crippen LogP contribution in [0.1, 0.15) is 6.42 Å². The van der Waals surface area contributed by atoms with Gasteiger partial charge >= 0.3 is 59.7 Å². The summed E-state index contributed by atoms with van der Waals surface area (Å²) in [6.45, 7) is 0. The van der Waals surface area contributed by atoms with Crippen LogP contribution < -0.4 is 0 Å². The molecule has 0 aliphatic rings. The molecule has 0 spiro atoms. The highest BCUT2D eigenvalue weighted by Crippen LogP contribution is 2.65. The summed E-state index contributed by atoms with van der Waals surface area (Å²) in [7, 11) is 0. The molecule has 0 nitrogen and oxygen atoms in total. The lowest BCUT2D eigenvalue weighted by Gasteiger charge is -2.44. The zero-order valence-electron chi connectivity index (χ0n) is 14.4. The molecule has 0 aromatic heterocycles. The second kappa shape index (κ2) is 8.47. The van der Waals surface area contributed by atoms with Gasteiger partial charge in [0.2, 0.25) is 0 Å². The van der Waals surface area contributed by atoms with E-state index in [2.05, 4.69) is 0 Å². The lowest BCUT2D eigenvalue weighted by molar-refractivity contribution is -0.465. The van der Waals surface area contributed by atoms with Crippen molar-refractivity contribution in [1.29, 1.82) is 0 Å². The summed E-state index contributed by atoms with van der Waals surface area (Å²) < 4.78 is 260.